The van der Waals surface area contributed by atoms with Crippen molar-refractivity contribution in [2.24, 2.45) is 0 Å². The Hall–Kier alpha value is -2.58. The van der Waals surface area contributed by atoms with Crippen molar-refractivity contribution in [3.63, 3.8) is 0 Å². The fraction of sp³-hybridized carbons (Fsp3) is 0. The Kier molecular flexibility index (Phi) is 2.64. The SMILES string of the molecule is Fc1ccc2[nH]cc(-c3nn4cc(-c5nccs5)nc4s3)c2c1. The fourth-order valence-electron chi connectivity index (χ4n) is 2.53. The molecule has 4 heterocycles. The molecule has 0 amide bonds. The average molecular weight is 341 g/mol. The summed E-state index contributed by atoms with van der Waals surface area (Å²) in [6.07, 6.45) is 5.47. The van der Waals surface area contributed by atoms with Gasteiger partial charge in [0, 0.05) is 34.2 Å². The Morgan fingerprint density at radius 1 is 1.22 bits per heavy atom. The molecule has 8 heteroatoms. The molecule has 5 aromatic rings. The van der Waals surface area contributed by atoms with Gasteiger partial charge in [0.1, 0.15) is 21.5 Å². The molecule has 0 saturated carbocycles. The Morgan fingerprint density at radius 3 is 3.00 bits per heavy atom. The molecule has 23 heavy (non-hydrogen) atoms. The molecule has 0 aliphatic carbocycles. The summed E-state index contributed by atoms with van der Waals surface area (Å²) in [4.78, 5) is 12.8. The first kappa shape index (κ1) is 12.9. The van der Waals surface area contributed by atoms with E-state index >= 15 is 0 Å². The number of halogens is 1. The Labute approximate surface area is 137 Å². The van der Waals surface area contributed by atoms with Crippen LogP contribution in [0.25, 0.3) is 37.1 Å². The maximum Gasteiger partial charge on any atom is 0.213 e. The molecule has 0 aliphatic rings. The Bertz CT molecular complexity index is 1100. The third-order valence-corrected chi connectivity index (χ3v) is 5.32. The lowest BCUT2D eigenvalue weighted by atomic mass is 10.2. The van der Waals surface area contributed by atoms with E-state index in [1.165, 1.54) is 23.5 Å². The maximum absolute atomic E-state index is 13.5. The molecule has 112 valence electrons. The molecular formula is C15H8FN5S2. The van der Waals surface area contributed by atoms with E-state index in [1.807, 2.05) is 17.8 Å². The number of thiazole rings is 1. The molecule has 0 radical (unpaired) electrons. The van der Waals surface area contributed by atoms with E-state index in [0.717, 1.165) is 37.1 Å². The lowest BCUT2D eigenvalue weighted by molar-refractivity contribution is 0.630. The van der Waals surface area contributed by atoms with Crippen LogP contribution in [0, 0.1) is 5.82 Å². The number of hydrogen-bond acceptors (Lipinski definition) is 5. The van der Waals surface area contributed by atoms with Gasteiger partial charge < -0.3 is 4.98 Å². The summed E-state index contributed by atoms with van der Waals surface area (Å²) < 4.78 is 15.3. The molecule has 0 atom stereocenters. The minimum atomic E-state index is -0.259. The number of benzene rings is 1. The maximum atomic E-state index is 13.5. The highest BCUT2D eigenvalue weighted by atomic mass is 32.1. The van der Waals surface area contributed by atoms with Gasteiger partial charge in [-0.15, -0.1) is 11.3 Å². The summed E-state index contributed by atoms with van der Waals surface area (Å²) in [5.41, 5.74) is 2.58. The summed E-state index contributed by atoms with van der Waals surface area (Å²) in [7, 11) is 0. The van der Waals surface area contributed by atoms with Crippen LogP contribution in [0.3, 0.4) is 0 Å². The number of hydrogen-bond donors (Lipinski definition) is 1. The van der Waals surface area contributed by atoms with Crippen molar-refractivity contribution in [3.05, 3.63) is 48.0 Å². The Morgan fingerprint density at radius 2 is 2.17 bits per heavy atom. The van der Waals surface area contributed by atoms with Crippen molar-refractivity contribution in [1.82, 2.24) is 24.6 Å². The molecule has 5 rings (SSSR count). The van der Waals surface area contributed by atoms with Crippen molar-refractivity contribution in [1.29, 1.82) is 0 Å². The second kappa shape index (κ2) is 4.71. The van der Waals surface area contributed by atoms with Gasteiger partial charge in [-0.05, 0) is 18.2 Å². The van der Waals surface area contributed by atoms with Crippen LogP contribution in [0.4, 0.5) is 4.39 Å². The quantitative estimate of drug-likeness (QED) is 0.523. The van der Waals surface area contributed by atoms with Crippen LogP contribution >= 0.6 is 22.7 Å². The lowest BCUT2D eigenvalue weighted by Gasteiger charge is -1.94. The van der Waals surface area contributed by atoms with Crippen LogP contribution in [-0.2, 0) is 0 Å². The van der Waals surface area contributed by atoms with Gasteiger partial charge in [-0.2, -0.15) is 5.10 Å². The molecule has 0 fully saturated rings. The topological polar surface area (TPSA) is 58.9 Å². The largest absolute Gasteiger partial charge is 0.360 e. The lowest BCUT2D eigenvalue weighted by Crippen LogP contribution is -1.82. The monoisotopic (exact) mass is 341 g/mol. The van der Waals surface area contributed by atoms with Gasteiger partial charge >= 0.3 is 0 Å². The highest BCUT2D eigenvalue weighted by Crippen LogP contribution is 2.33. The van der Waals surface area contributed by atoms with Crippen LogP contribution in [0.5, 0.6) is 0 Å². The molecule has 1 aromatic carbocycles. The van der Waals surface area contributed by atoms with E-state index < -0.39 is 0 Å². The third kappa shape index (κ3) is 1.99. The smallest absolute Gasteiger partial charge is 0.213 e. The number of nitrogens with one attached hydrogen (secondary N) is 1. The number of nitrogens with zero attached hydrogens (tertiary/aromatic N) is 4. The predicted octanol–water partition coefficient (Wildman–Crippen LogP) is 4.20. The van der Waals surface area contributed by atoms with Gasteiger partial charge in [0.15, 0.2) is 0 Å². The van der Waals surface area contributed by atoms with Crippen molar-refractivity contribution >= 4 is 38.5 Å². The van der Waals surface area contributed by atoms with Gasteiger partial charge in [0.25, 0.3) is 0 Å². The first-order valence-electron chi connectivity index (χ1n) is 6.81. The van der Waals surface area contributed by atoms with E-state index in [0.29, 0.717) is 0 Å². The average Bonchev–Trinajstić information content (AvgIpc) is 3.28. The van der Waals surface area contributed by atoms with Gasteiger partial charge in [-0.3, -0.25) is 0 Å². The van der Waals surface area contributed by atoms with Crippen LogP contribution in [0.2, 0.25) is 0 Å². The van der Waals surface area contributed by atoms with Crippen LogP contribution in [0.15, 0.2) is 42.2 Å². The third-order valence-electron chi connectivity index (χ3n) is 3.57. The molecular weight excluding hydrogens is 333 g/mol. The molecule has 4 aromatic heterocycles. The van der Waals surface area contributed by atoms with Crippen molar-refractivity contribution in [3.8, 4) is 21.3 Å². The minimum Gasteiger partial charge on any atom is -0.360 e. The van der Waals surface area contributed by atoms with E-state index in [9.17, 15) is 4.39 Å². The minimum absolute atomic E-state index is 0.259. The van der Waals surface area contributed by atoms with Gasteiger partial charge in [0.05, 0.1) is 6.20 Å². The Balaban J connectivity index is 1.65. The highest BCUT2D eigenvalue weighted by molar-refractivity contribution is 7.20. The number of aromatic nitrogens is 5. The number of rotatable bonds is 2. The molecule has 0 saturated heterocycles. The molecule has 1 N–H and O–H groups in total. The van der Waals surface area contributed by atoms with Gasteiger partial charge in [-0.1, -0.05) is 11.3 Å². The standard InChI is InChI=1S/C15H8FN5S2/c16-8-1-2-11-9(5-8)10(6-18-11)13-20-21-7-12(19-15(21)23-13)14-17-3-4-22-14/h1-7,18H. The zero-order valence-electron chi connectivity index (χ0n) is 11.5. The number of aromatic amines is 1. The first-order chi connectivity index (χ1) is 11.3. The summed E-state index contributed by atoms with van der Waals surface area (Å²) >= 11 is 3.01. The number of fused-ring (bicyclic) bond motifs is 2. The summed E-state index contributed by atoms with van der Waals surface area (Å²) in [5.74, 6) is -0.259. The van der Waals surface area contributed by atoms with E-state index in [2.05, 4.69) is 20.1 Å². The fourth-order valence-corrected chi connectivity index (χ4v) is 4.03. The highest BCUT2D eigenvalue weighted by Gasteiger charge is 2.15. The molecule has 0 aliphatic heterocycles. The van der Waals surface area contributed by atoms with Crippen molar-refractivity contribution in [2.45, 2.75) is 0 Å². The van der Waals surface area contributed by atoms with E-state index in [1.54, 1.807) is 28.1 Å². The normalized spacial score (nSPS) is 11.7. The van der Waals surface area contributed by atoms with Crippen LogP contribution in [-0.4, -0.2) is 24.6 Å². The number of H-pyrrole nitrogens is 1. The van der Waals surface area contributed by atoms with Gasteiger partial charge in [-0.25, -0.2) is 18.9 Å². The summed E-state index contributed by atoms with van der Waals surface area (Å²) in [5, 5.41) is 8.99. The zero-order chi connectivity index (χ0) is 15.4. The van der Waals surface area contributed by atoms with Crippen molar-refractivity contribution in [2.75, 3.05) is 0 Å². The second-order valence-electron chi connectivity index (χ2n) is 4.99. The molecule has 5 nitrogen and oxygen atoms in total. The van der Waals surface area contributed by atoms with Crippen LogP contribution in [0.1, 0.15) is 0 Å². The molecule has 0 unspecified atom stereocenters. The second-order valence-corrected chi connectivity index (χ2v) is 6.84. The number of imidazole rings is 1. The zero-order valence-corrected chi connectivity index (χ0v) is 13.2. The molecule has 0 spiro atoms. The molecule has 0 bridgehead atoms. The first-order valence-corrected chi connectivity index (χ1v) is 8.51. The van der Waals surface area contributed by atoms with Crippen LogP contribution < -0.4 is 0 Å². The van der Waals surface area contributed by atoms with Crippen molar-refractivity contribution < 1.29 is 4.39 Å². The summed E-state index contributed by atoms with van der Waals surface area (Å²) in [6.45, 7) is 0. The van der Waals surface area contributed by atoms with E-state index in [4.69, 9.17) is 0 Å². The van der Waals surface area contributed by atoms with Gasteiger partial charge in [0.2, 0.25) is 4.96 Å². The van der Waals surface area contributed by atoms with E-state index in [-0.39, 0.29) is 5.82 Å². The summed E-state index contributed by atoms with van der Waals surface area (Å²) in [6, 6.07) is 4.69. The predicted molar refractivity (Wildman–Crippen MR) is 89.2 cm³/mol.